The molecule has 0 aliphatic rings. The molecule has 0 atom stereocenters. The van der Waals surface area contributed by atoms with Crippen molar-refractivity contribution in [2.75, 3.05) is 5.32 Å². The van der Waals surface area contributed by atoms with Gasteiger partial charge in [0.05, 0.1) is 10.4 Å². The Kier molecular flexibility index (Phi) is 4.23. The Morgan fingerprint density at radius 2 is 1.85 bits per heavy atom. The molecule has 0 fully saturated rings. The molecule has 0 saturated carbocycles. The summed E-state index contributed by atoms with van der Waals surface area (Å²) in [6, 6.07) is 8.86. The summed E-state index contributed by atoms with van der Waals surface area (Å²) in [5.74, 6) is -1.33. The Morgan fingerprint density at radius 3 is 2.50 bits per heavy atom. The minimum absolute atomic E-state index is 0.0605. The van der Waals surface area contributed by atoms with Gasteiger partial charge in [0, 0.05) is 23.2 Å². The van der Waals surface area contributed by atoms with Crippen LogP contribution in [-0.2, 0) is 6.18 Å². The maximum Gasteiger partial charge on any atom is 0.451 e. The van der Waals surface area contributed by atoms with Crippen molar-refractivity contribution in [2.24, 2.45) is 0 Å². The number of halogens is 3. The van der Waals surface area contributed by atoms with Crippen molar-refractivity contribution in [3.8, 4) is 0 Å². The molecule has 0 amide bonds. The van der Waals surface area contributed by atoms with E-state index in [4.69, 9.17) is 0 Å². The lowest BCUT2D eigenvalue weighted by Gasteiger charge is -2.14. The summed E-state index contributed by atoms with van der Waals surface area (Å²) in [5, 5.41) is 14.1. The highest BCUT2D eigenvalue weighted by Gasteiger charge is 2.35. The van der Waals surface area contributed by atoms with E-state index < -0.39 is 16.9 Å². The predicted molar refractivity (Wildman–Crippen MR) is 90.4 cm³/mol. The average Bonchev–Trinajstić information content (AvgIpc) is 2.54. The largest absolute Gasteiger partial charge is 0.451 e. The molecule has 0 aliphatic carbocycles. The van der Waals surface area contributed by atoms with Crippen molar-refractivity contribution in [1.29, 1.82) is 0 Å². The number of alkyl halides is 3. The van der Waals surface area contributed by atoms with E-state index in [0.29, 0.717) is 10.9 Å². The monoisotopic (exact) mass is 362 g/mol. The average molecular weight is 362 g/mol. The summed E-state index contributed by atoms with van der Waals surface area (Å²) in [4.78, 5) is 17.6. The summed E-state index contributed by atoms with van der Waals surface area (Å²) in [5.41, 5.74) is 1.66. The van der Waals surface area contributed by atoms with Crippen molar-refractivity contribution >= 4 is 28.1 Å². The van der Waals surface area contributed by atoms with Crippen LogP contribution in [0, 0.1) is 24.0 Å². The first-order valence-electron chi connectivity index (χ1n) is 7.53. The molecular formula is C17H13F3N4O2. The van der Waals surface area contributed by atoms with Crippen LogP contribution < -0.4 is 5.32 Å². The zero-order valence-electron chi connectivity index (χ0n) is 13.8. The van der Waals surface area contributed by atoms with Gasteiger partial charge in [0.25, 0.3) is 5.69 Å². The van der Waals surface area contributed by atoms with E-state index in [2.05, 4.69) is 15.3 Å². The van der Waals surface area contributed by atoms with E-state index in [1.807, 2.05) is 0 Å². The highest BCUT2D eigenvalue weighted by atomic mass is 19.4. The highest BCUT2D eigenvalue weighted by molar-refractivity contribution is 5.93. The molecule has 2 aromatic carbocycles. The third-order valence-corrected chi connectivity index (χ3v) is 3.71. The van der Waals surface area contributed by atoms with Gasteiger partial charge in [-0.1, -0.05) is 12.1 Å². The Bertz CT molecular complexity index is 1020. The zero-order chi connectivity index (χ0) is 19.1. The summed E-state index contributed by atoms with van der Waals surface area (Å²) in [7, 11) is 0. The van der Waals surface area contributed by atoms with Gasteiger partial charge in [0.15, 0.2) is 0 Å². The maximum atomic E-state index is 13.2. The second kappa shape index (κ2) is 6.25. The lowest BCUT2D eigenvalue weighted by Crippen LogP contribution is -2.13. The third kappa shape index (κ3) is 3.41. The molecule has 3 rings (SSSR count). The number of non-ortho nitro benzene ring substituents is 1. The minimum atomic E-state index is -4.72. The van der Waals surface area contributed by atoms with E-state index >= 15 is 0 Å². The van der Waals surface area contributed by atoms with Crippen molar-refractivity contribution in [3.63, 3.8) is 0 Å². The molecule has 1 aromatic heterocycles. The maximum absolute atomic E-state index is 13.2. The summed E-state index contributed by atoms with van der Waals surface area (Å²) in [6.07, 6.45) is -4.72. The van der Waals surface area contributed by atoms with E-state index in [1.54, 1.807) is 26.0 Å². The summed E-state index contributed by atoms with van der Waals surface area (Å²) in [6.45, 7) is 3.47. The number of nitro benzene ring substituents is 1. The third-order valence-electron chi connectivity index (χ3n) is 3.71. The lowest BCUT2D eigenvalue weighted by atomic mass is 10.1. The Balaban J connectivity index is 2.20. The topological polar surface area (TPSA) is 81.0 Å². The molecule has 0 spiro atoms. The number of fused-ring (bicyclic) bond motifs is 1. The number of benzene rings is 2. The second-order valence-corrected chi connectivity index (χ2v) is 5.80. The van der Waals surface area contributed by atoms with Crippen LogP contribution in [0.5, 0.6) is 0 Å². The van der Waals surface area contributed by atoms with Gasteiger partial charge in [-0.15, -0.1) is 0 Å². The Hall–Kier alpha value is -3.23. The van der Waals surface area contributed by atoms with E-state index in [1.165, 1.54) is 24.3 Å². The zero-order valence-corrected chi connectivity index (χ0v) is 13.8. The molecule has 0 radical (unpaired) electrons. The van der Waals surface area contributed by atoms with E-state index in [9.17, 15) is 23.3 Å². The van der Waals surface area contributed by atoms with Crippen LogP contribution in [0.2, 0.25) is 0 Å². The van der Waals surface area contributed by atoms with E-state index in [0.717, 1.165) is 5.56 Å². The van der Waals surface area contributed by atoms with Crippen molar-refractivity contribution in [2.45, 2.75) is 20.0 Å². The first-order chi connectivity index (χ1) is 12.1. The van der Waals surface area contributed by atoms with Gasteiger partial charge in [0.1, 0.15) is 5.82 Å². The fraction of sp³-hybridized carbons (Fsp3) is 0.176. The molecule has 6 nitrogen and oxygen atoms in total. The molecule has 1 heterocycles. The molecular weight excluding hydrogens is 349 g/mol. The molecule has 3 aromatic rings. The van der Waals surface area contributed by atoms with Crippen LogP contribution in [0.4, 0.5) is 30.4 Å². The van der Waals surface area contributed by atoms with Gasteiger partial charge in [-0.3, -0.25) is 10.1 Å². The number of nitro groups is 1. The number of nitrogens with zero attached hydrogens (tertiary/aromatic N) is 3. The molecule has 1 N–H and O–H groups in total. The first-order valence-corrected chi connectivity index (χ1v) is 7.53. The fourth-order valence-corrected chi connectivity index (χ4v) is 2.64. The van der Waals surface area contributed by atoms with Crippen LogP contribution in [0.3, 0.4) is 0 Å². The molecule has 134 valence electrons. The second-order valence-electron chi connectivity index (χ2n) is 5.80. The number of anilines is 2. The van der Waals surface area contributed by atoms with E-state index in [-0.39, 0.29) is 22.7 Å². The van der Waals surface area contributed by atoms with Crippen molar-refractivity contribution < 1.29 is 18.1 Å². The van der Waals surface area contributed by atoms with Crippen molar-refractivity contribution in [1.82, 2.24) is 9.97 Å². The quantitative estimate of drug-likeness (QED) is 0.528. The Morgan fingerprint density at radius 1 is 1.12 bits per heavy atom. The molecule has 0 aliphatic heterocycles. The molecule has 0 unspecified atom stereocenters. The fourth-order valence-electron chi connectivity index (χ4n) is 2.64. The summed E-state index contributed by atoms with van der Waals surface area (Å²) >= 11 is 0. The van der Waals surface area contributed by atoms with Gasteiger partial charge in [-0.25, -0.2) is 9.97 Å². The predicted octanol–water partition coefficient (Wildman–Crippen LogP) is 4.92. The van der Waals surface area contributed by atoms with Crippen LogP contribution in [0.25, 0.3) is 10.9 Å². The first kappa shape index (κ1) is 17.6. The SMILES string of the molecule is Cc1cc(C)c2nc(C(F)(F)F)nc(Nc3cccc([N+](=O)[O-])c3)c2c1. The number of rotatable bonds is 3. The van der Waals surface area contributed by atoms with Gasteiger partial charge in [-0.2, -0.15) is 13.2 Å². The van der Waals surface area contributed by atoms with Gasteiger partial charge < -0.3 is 5.32 Å². The standard InChI is InChI=1S/C17H13F3N4O2/c1-9-6-10(2)14-13(7-9)15(23-16(22-14)17(18,19)20)21-11-4-3-5-12(8-11)24(25)26/h3-8H,1-2H3,(H,21,22,23). The van der Waals surface area contributed by atoms with Crippen LogP contribution in [0.15, 0.2) is 36.4 Å². The smallest absolute Gasteiger partial charge is 0.339 e. The molecule has 0 bridgehead atoms. The number of hydrogen-bond acceptors (Lipinski definition) is 5. The van der Waals surface area contributed by atoms with Crippen LogP contribution in [-0.4, -0.2) is 14.9 Å². The van der Waals surface area contributed by atoms with Gasteiger partial charge in [-0.05, 0) is 37.1 Å². The van der Waals surface area contributed by atoms with Crippen LogP contribution in [0.1, 0.15) is 17.0 Å². The Labute approximate surface area is 145 Å². The number of aromatic nitrogens is 2. The molecule has 26 heavy (non-hydrogen) atoms. The van der Waals surface area contributed by atoms with Gasteiger partial charge in [0.2, 0.25) is 5.82 Å². The van der Waals surface area contributed by atoms with Crippen LogP contribution >= 0.6 is 0 Å². The molecule has 9 heteroatoms. The summed E-state index contributed by atoms with van der Waals surface area (Å²) < 4.78 is 39.5. The lowest BCUT2D eigenvalue weighted by molar-refractivity contribution is -0.384. The van der Waals surface area contributed by atoms with Crippen molar-refractivity contribution in [3.05, 3.63) is 63.5 Å². The highest BCUT2D eigenvalue weighted by Crippen LogP contribution is 2.33. The number of aryl methyl sites for hydroxylation is 2. The number of nitrogens with one attached hydrogen (secondary N) is 1. The minimum Gasteiger partial charge on any atom is -0.339 e. The van der Waals surface area contributed by atoms with Gasteiger partial charge >= 0.3 is 6.18 Å². The molecule has 0 saturated heterocycles. The normalized spacial score (nSPS) is 11.6. The number of hydrogen-bond donors (Lipinski definition) is 1.